The predicted octanol–water partition coefficient (Wildman–Crippen LogP) is 3.42. The van der Waals surface area contributed by atoms with Crippen LogP contribution >= 0.6 is 0 Å². The van der Waals surface area contributed by atoms with E-state index in [1.54, 1.807) is 24.3 Å². The summed E-state index contributed by atoms with van der Waals surface area (Å²) in [5.41, 5.74) is 7.45. The van der Waals surface area contributed by atoms with E-state index >= 15 is 0 Å². The van der Waals surface area contributed by atoms with E-state index < -0.39 is 20.2 Å². The average molecular weight is 434 g/mol. The number of nitrogen functional groups attached to an aromatic ring is 1. The van der Waals surface area contributed by atoms with E-state index in [4.69, 9.17) is 14.1 Å². The highest BCUT2D eigenvalue weighted by atomic mass is 32.2. The zero-order valence-corrected chi connectivity index (χ0v) is 17.3. The Labute approximate surface area is 170 Å². The maximum absolute atomic E-state index is 12.5. The summed E-state index contributed by atoms with van der Waals surface area (Å²) < 4.78 is 60.1. The van der Waals surface area contributed by atoms with Crippen LogP contribution in [0.2, 0.25) is 0 Å². The molecule has 0 bridgehead atoms. The standard InChI is InChI=1S/C20H19NO6S2/c1-14-6-10-16(11-7-14)28(22,23)26-18-4-3-5-19(20(18)21)27-29(24,25)17-12-8-15(2)9-13-17/h3-13H,21H2,1-2H3. The molecule has 0 aliphatic rings. The Morgan fingerprint density at radius 2 is 0.966 bits per heavy atom. The molecule has 3 rings (SSSR count). The van der Waals surface area contributed by atoms with Gasteiger partial charge in [-0.25, -0.2) is 0 Å². The molecule has 0 aromatic heterocycles. The maximum Gasteiger partial charge on any atom is 0.339 e. The van der Waals surface area contributed by atoms with Crippen LogP contribution in [0.1, 0.15) is 11.1 Å². The van der Waals surface area contributed by atoms with Gasteiger partial charge in [-0.15, -0.1) is 0 Å². The van der Waals surface area contributed by atoms with Gasteiger partial charge in [-0.1, -0.05) is 41.5 Å². The Hall–Kier alpha value is -3.04. The van der Waals surface area contributed by atoms with Crippen LogP contribution in [-0.2, 0) is 20.2 Å². The second-order valence-electron chi connectivity index (χ2n) is 6.37. The smallest absolute Gasteiger partial charge is 0.339 e. The molecule has 0 heterocycles. The lowest BCUT2D eigenvalue weighted by molar-refractivity contribution is 0.478. The second kappa shape index (κ2) is 7.76. The van der Waals surface area contributed by atoms with E-state index in [9.17, 15) is 16.8 Å². The van der Waals surface area contributed by atoms with Crippen LogP contribution in [0, 0.1) is 13.8 Å². The van der Waals surface area contributed by atoms with Crippen molar-refractivity contribution in [2.75, 3.05) is 5.73 Å². The highest BCUT2D eigenvalue weighted by Gasteiger charge is 2.22. The second-order valence-corrected chi connectivity index (χ2v) is 9.46. The minimum Gasteiger partial charge on any atom is -0.393 e. The summed E-state index contributed by atoms with van der Waals surface area (Å²) in [5, 5.41) is 0. The van der Waals surface area contributed by atoms with Crippen LogP contribution in [-0.4, -0.2) is 16.8 Å². The van der Waals surface area contributed by atoms with Crippen molar-refractivity contribution in [3.8, 4) is 11.5 Å². The summed E-state index contributed by atoms with van der Waals surface area (Å²) in [6.07, 6.45) is 0. The molecule has 152 valence electrons. The van der Waals surface area contributed by atoms with Crippen molar-refractivity contribution < 1.29 is 25.2 Å². The van der Waals surface area contributed by atoms with Gasteiger partial charge in [0, 0.05) is 0 Å². The molecule has 0 aliphatic carbocycles. The fourth-order valence-corrected chi connectivity index (χ4v) is 4.31. The van der Waals surface area contributed by atoms with Crippen molar-refractivity contribution in [3.63, 3.8) is 0 Å². The van der Waals surface area contributed by atoms with Gasteiger partial charge in [-0.05, 0) is 50.2 Å². The van der Waals surface area contributed by atoms with Crippen LogP contribution < -0.4 is 14.1 Å². The number of benzene rings is 3. The SMILES string of the molecule is Cc1ccc(S(=O)(=O)Oc2cccc(OS(=O)(=O)c3ccc(C)cc3)c2N)cc1. The Morgan fingerprint density at radius 1 is 0.621 bits per heavy atom. The molecule has 9 heteroatoms. The lowest BCUT2D eigenvalue weighted by Gasteiger charge is -2.13. The molecule has 0 atom stereocenters. The highest BCUT2D eigenvalue weighted by Crippen LogP contribution is 2.35. The largest absolute Gasteiger partial charge is 0.393 e. The molecule has 0 aliphatic heterocycles. The molecule has 3 aromatic rings. The Balaban J connectivity index is 1.90. The van der Waals surface area contributed by atoms with E-state index in [1.165, 1.54) is 42.5 Å². The number of aryl methyl sites for hydroxylation is 2. The molecule has 0 saturated heterocycles. The van der Waals surface area contributed by atoms with Crippen molar-refractivity contribution in [2.45, 2.75) is 23.6 Å². The molecule has 0 radical (unpaired) electrons. The summed E-state index contributed by atoms with van der Waals surface area (Å²) >= 11 is 0. The molecular weight excluding hydrogens is 414 g/mol. The molecule has 29 heavy (non-hydrogen) atoms. The highest BCUT2D eigenvalue weighted by molar-refractivity contribution is 7.87. The molecule has 0 saturated carbocycles. The fourth-order valence-electron chi connectivity index (χ4n) is 2.41. The van der Waals surface area contributed by atoms with Crippen molar-refractivity contribution >= 4 is 25.9 Å². The van der Waals surface area contributed by atoms with E-state index in [0.29, 0.717) is 0 Å². The maximum atomic E-state index is 12.5. The number of anilines is 1. The Morgan fingerprint density at radius 3 is 1.31 bits per heavy atom. The average Bonchev–Trinajstić information content (AvgIpc) is 2.65. The summed E-state index contributed by atoms with van der Waals surface area (Å²) in [6, 6.07) is 16.2. The molecule has 3 aromatic carbocycles. The zero-order valence-electron chi connectivity index (χ0n) is 15.7. The fraction of sp³-hybridized carbons (Fsp3) is 0.100. The third kappa shape index (κ3) is 4.69. The van der Waals surface area contributed by atoms with Crippen molar-refractivity contribution in [2.24, 2.45) is 0 Å². The summed E-state index contributed by atoms with van der Waals surface area (Å²) in [7, 11) is -8.31. The summed E-state index contributed by atoms with van der Waals surface area (Å²) in [5.74, 6) is -0.468. The van der Waals surface area contributed by atoms with E-state index in [2.05, 4.69) is 0 Å². The zero-order chi connectivity index (χ0) is 21.2. The van der Waals surface area contributed by atoms with Crippen LogP contribution in [0.4, 0.5) is 5.69 Å². The van der Waals surface area contributed by atoms with Gasteiger partial charge in [0.25, 0.3) is 0 Å². The molecule has 7 nitrogen and oxygen atoms in total. The van der Waals surface area contributed by atoms with Crippen molar-refractivity contribution in [1.82, 2.24) is 0 Å². The predicted molar refractivity (Wildman–Crippen MR) is 109 cm³/mol. The molecule has 0 spiro atoms. The minimum absolute atomic E-state index is 0.0545. The molecular formula is C20H19NO6S2. The Bertz CT molecular complexity index is 1140. The van der Waals surface area contributed by atoms with Gasteiger partial charge in [-0.2, -0.15) is 16.8 Å². The first-order valence-corrected chi connectivity index (χ1v) is 11.3. The monoisotopic (exact) mass is 433 g/mol. The van der Waals surface area contributed by atoms with E-state index in [0.717, 1.165) is 11.1 Å². The summed E-state index contributed by atoms with van der Waals surface area (Å²) in [6.45, 7) is 3.65. The quantitative estimate of drug-likeness (QED) is 0.468. The number of nitrogens with two attached hydrogens (primary N) is 1. The minimum atomic E-state index is -4.15. The van der Waals surface area contributed by atoms with Gasteiger partial charge in [0.05, 0.1) is 0 Å². The van der Waals surface area contributed by atoms with Gasteiger partial charge < -0.3 is 14.1 Å². The molecule has 2 N–H and O–H groups in total. The van der Waals surface area contributed by atoms with Gasteiger partial charge >= 0.3 is 20.2 Å². The first kappa shape index (κ1) is 20.7. The number of rotatable bonds is 6. The van der Waals surface area contributed by atoms with Gasteiger partial charge in [-0.3, -0.25) is 0 Å². The summed E-state index contributed by atoms with van der Waals surface area (Å²) in [4.78, 5) is -0.109. The van der Waals surface area contributed by atoms with Crippen molar-refractivity contribution in [1.29, 1.82) is 0 Å². The molecule has 0 fully saturated rings. The van der Waals surface area contributed by atoms with Crippen LogP contribution in [0.5, 0.6) is 11.5 Å². The van der Waals surface area contributed by atoms with Gasteiger partial charge in [0.15, 0.2) is 11.5 Å². The van der Waals surface area contributed by atoms with Gasteiger partial charge in [0.1, 0.15) is 15.5 Å². The topological polar surface area (TPSA) is 113 Å². The third-order valence-corrected chi connectivity index (χ3v) is 6.54. The lowest BCUT2D eigenvalue weighted by Crippen LogP contribution is -2.13. The molecule has 0 unspecified atom stereocenters. The number of para-hydroxylation sites is 1. The van der Waals surface area contributed by atoms with Crippen molar-refractivity contribution in [3.05, 3.63) is 77.9 Å². The lowest BCUT2D eigenvalue weighted by atomic mass is 10.2. The van der Waals surface area contributed by atoms with Gasteiger partial charge in [0.2, 0.25) is 0 Å². The van der Waals surface area contributed by atoms with Crippen LogP contribution in [0.15, 0.2) is 76.5 Å². The normalized spacial score (nSPS) is 11.8. The Kier molecular flexibility index (Phi) is 5.54. The molecule has 0 amide bonds. The number of hydrogen-bond donors (Lipinski definition) is 1. The van der Waals surface area contributed by atoms with Crippen LogP contribution in [0.25, 0.3) is 0 Å². The first-order chi connectivity index (χ1) is 13.6. The first-order valence-electron chi connectivity index (χ1n) is 8.49. The van der Waals surface area contributed by atoms with E-state index in [1.807, 2.05) is 13.8 Å². The van der Waals surface area contributed by atoms with Crippen LogP contribution in [0.3, 0.4) is 0 Å². The van der Waals surface area contributed by atoms with E-state index in [-0.39, 0.29) is 27.0 Å². The number of hydrogen-bond acceptors (Lipinski definition) is 7. The third-order valence-electron chi connectivity index (χ3n) is 4.04.